The fourth-order valence-corrected chi connectivity index (χ4v) is 3.37. The first-order valence-electron chi connectivity index (χ1n) is 8.94. The Morgan fingerprint density at radius 3 is 2.71 bits per heavy atom. The lowest BCUT2D eigenvalue weighted by Gasteiger charge is -2.35. The molecule has 28 heavy (non-hydrogen) atoms. The number of fused-ring (bicyclic) bond motifs is 1. The molecule has 1 saturated heterocycles. The molecule has 3 aromatic rings. The average Bonchev–Trinajstić information content (AvgIpc) is 2.63. The van der Waals surface area contributed by atoms with Crippen molar-refractivity contribution in [1.29, 1.82) is 0 Å². The van der Waals surface area contributed by atoms with Crippen LogP contribution < -0.4 is 5.32 Å². The Bertz CT molecular complexity index is 1040. The van der Waals surface area contributed by atoms with Gasteiger partial charge in [-0.05, 0) is 37.7 Å². The first-order valence-corrected chi connectivity index (χ1v) is 8.94. The van der Waals surface area contributed by atoms with Gasteiger partial charge in [-0.2, -0.15) is 0 Å². The number of para-hydroxylation sites is 1. The molecule has 2 N–H and O–H groups in total. The van der Waals surface area contributed by atoms with E-state index in [1.54, 1.807) is 12.1 Å². The Balaban J connectivity index is 1.74. The van der Waals surface area contributed by atoms with Crippen molar-refractivity contribution in [3.63, 3.8) is 0 Å². The Morgan fingerprint density at radius 2 is 2.04 bits per heavy atom. The molecule has 0 unspecified atom stereocenters. The molecule has 144 valence electrons. The van der Waals surface area contributed by atoms with Crippen LogP contribution in [0.2, 0.25) is 0 Å². The Morgan fingerprint density at radius 1 is 1.21 bits per heavy atom. The van der Waals surface area contributed by atoms with Gasteiger partial charge >= 0.3 is 5.97 Å². The Labute approximate surface area is 159 Å². The van der Waals surface area contributed by atoms with Crippen molar-refractivity contribution in [1.82, 2.24) is 14.9 Å². The number of nitrogens with one attached hydrogen (secondary N) is 1. The van der Waals surface area contributed by atoms with Crippen molar-refractivity contribution in [2.45, 2.75) is 12.5 Å². The summed E-state index contributed by atoms with van der Waals surface area (Å²) in [4.78, 5) is 22.0. The number of aromatic carboxylic acids is 1. The van der Waals surface area contributed by atoms with Crippen LogP contribution in [0.4, 0.5) is 14.6 Å². The van der Waals surface area contributed by atoms with Gasteiger partial charge in [0.25, 0.3) is 0 Å². The third kappa shape index (κ3) is 3.50. The number of carboxylic acid groups (broad SMARTS) is 1. The lowest BCUT2D eigenvalue weighted by Crippen LogP contribution is -2.41. The number of nitrogens with zero attached hydrogens (tertiary/aromatic N) is 3. The summed E-state index contributed by atoms with van der Waals surface area (Å²) >= 11 is 0. The number of halogens is 2. The average molecular weight is 384 g/mol. The smallest absolute Gasteiger partial charge is 0.337 e. The number of benzene rings is 2. The van der Waals surface area contributed by atoms with Crippen LogP contribution in [0.3, 0.4) is 0 Å². The zero-order valence-corrected chi connectivity index (χ0v) is 14.9. The first-order chi connectivity index (χ1) is 13.5. The zero-order valence-electron chi connectivity index (χ0n) is 14.9. The molecule has 2 heterocycles. The van der Waals surface area contributed by atoms with E-state index < -0.39 is 23.6 Å². The van der Waals surface area contributed by atoms with E-state index in [0.717, 1.165) is 25.6 Å². The molecule has 8 heteroatoms. The Hall–Kier alpha value is -3.13. The summed E-state index contributed by atoms with van der Waals surface area (Å²) in [5.41, 5.74) is 0.694. The maximum atomic E-state index is 14.5. The molecule has 1 aromatic heterocycles. The highest BCUT2D eigenvalue weighted by molar-refractivity contribution is 6.04. The highest BCUT2D eigenvalue weighted by Gasteiger charge is 2.24. The number of carboxylic acids is 1. The summed E-state index contributed by atoms with van der Waals surface area (Å²) in [6.07, 6.45) is 2.36. The summed E-state index contributed by atoms with van der Waals surface area (Å²) in [5, 5.41) is 13.1. The van der Waals surface area contributed by atoms with Crippen LogP contribution in [0.1, 0.15) is 28.4 Å². The molecule has 4 rings (SSSR count). The maximum absolute atomic E-state index is 14.5. The van der Waals surface area contributed by atoms with E-state index in [1.165, 1.54) is 24.5 Å². The molecular weight excluding hydrogens is 366 g/mol. The number of hydrogen-bond donors (Lipinski definition) is 2. The second-order valence-corrected chi connectivity index (χ2v) is 6.75. The van der Waals surface area contributed by atoms with Gasteiger partial charge in [0, 0.05) is 23.6 Å². The van der Waals surface area contributed by atoms with E-state index >= 15 is 0 Å². The summed E-state index contributed by atoms with van der Waals surface area (Å²) in [7, 11) is 0. The minimum atomic E-state index is -1.09. The number of anilines is 1. The predicted molar refractivity (Wildman–Crippen MR) is 100 cm³/mol. The molecule has 0 aliphatic carbocycles. The van der Waals surface area contributed by atoms with Crippen LogP contribution in [0.15, 0.2) is 42.7 Å². The SMILES string of the molecule is O=C(O)c1cccc2c(N[C@H](CN3CCC3)c3ccc(F)cc3F)ncnc12. The lowest BCUT2D eigenvalue weighted by molar-refractivity contribution is 0.0699. The number of aromatic nitrogens is 2. The standard InChI is InChI=1S/C20H18F2N4O2/c21-12-5-6-13(16(22)9-12)17(10-26-7-2-8-26)25-19-14-3-1-4-15(20(27)28)18(14)23-11-24-19/h1,3-6,9,11,17H,2,7-8,10H2,(H,27,28)(H,23,24,25)/t17-/m1/s1. The summed E-state index contributed by atoms with van der Waals surface area (Å²) < 4.78 is 27.8. The van der Waals surface area contributed by atoms with Crippen molar-refractivity contribution in [2.75, 3.05) is 25.0 Å². The quantitative estimate of drug-likeness (QED) is 0.678. The second kappa shape index (κ2) is 7.47. The van der Waals surface area contributed by atoms with Crippen LogP contribution >= 0.6 is 0 Å². The number of likely N-dealkylation sites (tertiary alicyclic amines) is 1. The largest absolute Gasteiger partial charge is 0.478 e. The fraction of sp³-hybridized carbons (Fsp3) is 0.250. The molecule has 1 aliphatic heterocycles. The van der Waals surface area contributed by atoms with Crippen LogP contribution in [0, 0.1) is 11.6 Å². The first kappa shape index (κ1) is 18.2. The van der Waals surface area contributed by atoms with E-state index in [0.29, 0.717) is 28.8 Å². The highest BCUT2D eigenvalue weighted by atomic mass is 19.1. The molecule has 0 bridgehead atoms. The summed E-state index contributed by atoms with van der Waals surface area (Å²) in [6.45, 7) is 2.34. The lowest BCUT2D eigenvalue weighted by atomic mass is 10.0. The summed E-state index contributed by atoms with van der Waals surface area (Å²) in [5.74, 6) is -1.95. The molecule has 1 aliphatic rings. The van der Waals surface area contributed by atoms with Gasteiger partial charge in [-0.3, -0.25) is 0 Å². The monoisotopic (exact) mass is 384 g/mol. The summed E-state index contributed by atoms with van der Waals surface area (Å²) in [6, 6.07) is 7.83. The molecule has 0 radical (unpaired) electrons. The number of hydrogen-bond acceptors (Lipinski definition) is 5. The minimum absolute atomic E-state index is 0.0650. The molecule has 1 atom stereocenters. The van der Waals surface area contributed by atoms with Gasteiger partial charge in [0.1, 0.15) is 23.8 Å². The molecule has 0 amide bonds. The molecule has 0 spiro atoms. The third-order valence-corrected chi connectivity index (χ3v) is 4.93. The molecule has 0 saturated carbocycles. The highest BCUT2D eigenvalue weighted by Crippen LogP contribution is 2.29. The van der Waals surface area contributed by atoms with Crippen molar-refractivity contribution in [3.05, 3.63) is 65.5 Å². The van der Waals surface area contributed by atoms with Gasteiger partial charge in [-0.15, -0.1) is 0 Å². The van der Waals surface area contributed by atoms with E-state index in [1.807, 2.05) is 0 Å². The van der Waals surface area contributed by atoms with Gasteiger partial charge in [0.15, 0.2) is 0 Å². The molecular formula is C20H18F2N4O2. The molecule has 1 fully saturated rings. The van der Waals surface area contributed by atoms with Gasteiger partial charge in [-0.1, -0.05) is 12.1 Å². The zero-order chi connectivity index (χ0) is 19.7. The van der Waals surface area contributed by atoms with E-state index in [4.69, 9.17) is 0 Å². The van der Waals surface area contributed by atoms with E-state index in [2.05, 4.69) is 20.2 Å². The number of carbonyl (C=O) groups is 1. The van der Waals surface area contributed by atoms with Crippen molar-refractivity contribution in [3.8, 4) is 0 Å². The van der Waals surface area contributed by atoms with Gasteiger partial charge in [-0.25, -0.2) is 23.5 Å². The fourth-order valence-electron chi connectivity index (χ4n) is 3.37. The van der Waals surface area contributed by atoms with Crippen LogP contribution in [-0.2, 0) is 0 Å². The minimum Gasteiger partial charge on any atom is -0.478 e. The van der Waals surface area contributed by atoms with Crippen LogP contribution in [0.25, 0.3) is 10.9 Å². The van der Waals surface area contributed by atoms with Gasteiger partial charge < -0.3 is 15.3 Å². The predicted octanol–water partition coefficient (Wildman–Crippen LogP) is 3.47. The van der Waals surface area contributed by atoms with Crippen molar-refractivity contribution >= 4 is 22.7 Å². The second-order valence-electron chi connectivity index (χ2n) is 6.75. The normalized spacial score (nSPS) is 15.2. The third-order valence-electron chi connectivity index (χ3n) is 4.93. The molecule has 2 aromatic carbocycles. The van der Waals surface area contributed by atoms with E-state index in [-0.39, 0.29) is 5.56 Å². The van der Waals surface area contributed by atoms with Crippen LogP contribution in [0.5, 0.6) is 0 Å². The molecule has 6 nitrogen and oxygen atoms in total. The Kier molecular flexibility index (Phi) is 4.87. The van der Waals surface area contributed by atoms with Crippen molar-refractivity contribution in [2.24, 2.45) is 0 Å². The maximum Gasteiger partial charge on any atom is 0.337 e. The van der Waals surface area contributed by atoms with Gasteiger partial charge in [0.05, 0.1) is 17.1 Å². The topological polar surface area (TPSA) is 78.4 Å². The van der Waals surface area contributed by atoms with Crippen LogP contribution in [-0.4, -0.2) is 45.6 Å². The van der Waals surface area contributed by atoms with E-state index in [9.17, 15) is 18.7 Å². The van der Waals surface area contributed by atoms with Crippen molar-refractivity contribution < 1.29 is 18.7 Å². The van der Waals surface area contributed by atoms with Gasteiger partial charge in [0.2, 0.25) is 0 Å². The number of rotatable bonds is 6.